The van der Waals surface area contributed by atoms with Crippen LogP contribution in [0.15, 0.2) is 18.5 Å². The fourth-order valence-electron chi connectivity index (χ4n) is 1.83. The Hall–Kier alpha value is -1.30. The van der Waals surface area contributed by atoms with Crippen LogP contribution in [0.3, 0.4) is 0 Å². The zero-order valence-corrected chi connectivity index (χ0v) is 11.5. The van der Waals surface area contributed by atoms with E-state index in [-0.39, 0.29) is 6.04 Å². The van der Waals surface area contributed by atoms with Crippen molar-refractivity contribution in [1.29, 1.82) is 0 Å². The molecule has 1 rings (SSSR count). The molecule has 19 heavy (non-hydrogen) atoms. The Balaban J connectivity index is 3.01. The SMILES string of the molecule is CCNCc1cnccc1N(CC(F)(F)F)C(C)C. The second-order valence-electron chi connectivity index (χ2n) is 4.62. The molecular formula is C13H20F3N3. The van der Waals surface area contributed by atoms with E-state index in [1.165, 1.54) is 11.1 Å². The van der Waals surface area contributed by atoms with E-state index >= 15 is 0 Å². The average molecular weight is 275 g/mol. The third kappa shape index (κ3) is 5.06. The van der Waals surface area contributed by atoms with Gasteiger partial charge in [0.1, 0.15) is 6.54 Å². The summed E-state index contributed by atoms with van der Waals surface area (Å²) >= 11 is 0. The van der Waals surface area contributed by atoms with E-state index in [0.717, 1.165) is 12.1 Å². The minimum absolute atomic E-state index is 0.232. The molecule has 108 valence electrons. The minimum atomic E-state index is -4.22. The van der Waals surface area contributed by atoms with Crippen molar-refractivity contribution in [1.82, 2.24) is 10.3 Å². The Morgan fingerprint density at radius 3 is 2.58 bits per heavy atom. The molecule has 1 aromatic rings. The van der Waals surface area contributed by atoms with Crippen LogP contribution in [0.4, 0.5) is 18.9 Å². The highest BCUT2D eigenvalue weighted by Crippen LogP contribution is 2.26. The van der Waals surface area contributed by atoms with Gasteiger partial charge in [0.25, 0.3) is 0 Å². The van der Waals surface area contributed by atoms with Crippen molar-refractivity contribution in [2.75, 3.05) is 18.0 Å². The second kappa shape index (κ2) is 6.75. The van der Waals surface area contributed by atoms with Crippen molar-refractivity contribution < 1.29 is 13.2 Å². The quantitative estimate of drug-likeness (QED) is 0.865. The first kappa shape index (κ1) is 15.8. The van der Waals surface area contributed by atoms with Crippen molar-refractivity contribution in [2.45, 2.75) is 39.5 Å². The number of pyridine rings is 1. The van der Waals surface area contributed by atoms with E-state index in [1.807, 2.05) is 6.92 Å². The first-order chi connectivity index (χ1) is 8.85. The van der Waals surface area contributed by atoms with E-state index in [0.29, 0.717) is 12.2 Å². The molecule has 6 heteroatoms. The summed E-state index contributed by atoms with van der Waals surface area (Å²) < 4.78 is 38.0. The Morgan fingerprint density at radius 2 is 2.05 bits per heavy atom. The van der Waals surface area contributed by atoms with Gasteiger partial charge in [0.05, 0.1) is 0 Å². The second-order valence-corrected chi connectivity index (χ2v) is 4.62. The number of alkyl halides is 3. The number of nitrogens with one attached hydrogen (secondary N) is 1. The van der Waals surface area contributed by atoms with Gasteiger partial charge in [-0.2, -0.15) is 13.2 Å². The van der Waals surface area contributed by atoms with Crippen LogP contribution in [0.1, 0.15) is 26.3 Å². The number of hydrogen-bond acceptors (Lipinski definition) is 3. The van der Waals surface area contributed by atoms with Crippen LogP contribution in [0, 0.1) is 0 Å². The lowest BCUT2D eigenvalue weighted by atomic mass is 10.1. The molecule has 1 heterocycles. The van der Waals surface area contributed by atoms with Crippen LogP contribution in [0.25, 0.3) is 0 Å². The summed E-state index contributed by atoms with van der Waals surface area (Å²) in [6.45, 7) is 5.78. The van der Waals surface area contributed by atoms with Crippen molar-refractivity contribution in [3.8, 4) is 0 Å². The minimum Gasteiger partial charge on any atom is -0.360 e. The summed E-state index contributed by atoms with van der Waals surface area (Å²) in [4.78, 5) is 5.34. The van der Waals surface area contributed by atoms with Crippen LogP contribution in [0.2, 0.25) is 0 Å². The maximum Gasteiger partial charge on any atom is 0.405 e. The average Bonchev–Trinajstić information content (AvgIpc) is 2.32. The number of halogens is 3. The molecule has 3 nitrogen and oxygen atoms in total. The number of rotatable bonds is 6. The lowest BCUT2D eigenvalue weighted by molar-refractivity contribution is -0.120. The first-order valence-electron chi connectivity index (χ1n) is 6.32. The van der Waals surface area contributed by atoms with Crippen molar-refractivity contribution in [2.24, 2.45) is 0 Å². The molecule has 0 unspecified atom stereocenters. The number of hydrogen-bond donors (Lipinski definition) is 1. The molecule has 0 atom stereocenters. The normalized spacial score (nSPS) is 11.9. The summed E-state index contributed by atoms with van der Waals surface area (Å²) in [6, 6.07) is 1.41. The zero-order chi connectivity index (χ0) is 14.5. The number of nitrogens with zero attached hydrogens (tertiary/aromatic N) is 2. The number of anilines is 1. The summed E-state index contributed by atoms with van der Waals surface area (Å²) in [5.41, 5.74) is 1.37. The maximum absolute atomic E-state index is 12.7. The van der Waals surface area contributed by atoms with Crippen LogP contribution in [-0.2, 0) is 6.54 Å². The van der Waals surface area contributed by atoms with Crippen molar-refractivity contribution >= 4 is 5.69 Å². The van der Waals surface area contributed by atoms with Crippen molar-refractivity contribution in [3.63, 3.8) is 0 Å². The molecule has 0 aromatic carbocycles. The van der Waals surface area contributed by atoms with E-state index in [4.69, 9.17) is 0 Å². The van der Waals surface area contributed by atoms with Gasteiger partial charge in [0.2, 0.25) is 0 Å². The van der Waals surface area contributed by atoms with E-state index < -0.39 is 12.7 Å². The predicted octanol–water partition coefficient (Wildman–Crippen LogP) is 2.97. The molecule has 0 spiro atoms. The van der Waals surface area contributed by atoms with E-state index in [9.17, 15) is 13.2 Å². The Morgan fingerprint density at radius 1 is 1.37 bits per heavy atom. The Bertz CT molecular complexity index is 391. The number of aromatic nitrogens is 1. The standard InChI is InChI=1S/C13H20F3N3/c1-4-17-7-11-8-18-6-5-12(11)19(10(2)3)9-13(14,15)16/h5-6,8,10,17H,4,7,9H2,1-3H3. The maximum atomic E-state index is 12.7. The molecule has 0 amide bonds. The molecule has 0 radical (unpaired) electrons. The predicted molar refractivity (Wildman–Crippen MR) is 70.2 cm³/mol. The van der Waals surface area contributed by atoms with Crippen LogP contribution in [0.5, 0.6) is 0 Å². The third-order valence-corrected chi connectivity index (χ3v) is 2.73. The van der Waals surface area contributed by atoms with Gasteiger partial charge < -0.3 is 10.2 Å². The van der Waals surface area contributed by atoms with Gasteiger partial charge in [-0.15, -0.1) is 0 Å². The summed E-state index contributed by atoms with van der Waals surface area (Å²) in [7, 11) is 0. The van der Waals surface area contributed by atoms with E-state index in [2.05, 4.69) is 10.3 Å². The largest absolute Gasteiger partial charge is 0.405 e. The highest BCUT2D eigenvalue weighted by molar-refractivity contribution is 5.53. The molecule has 0 aliphatic rings. The van der Waals surface area contributed by atoms with Gasteiger partial charge >= 0.3 is 6.18 Å². The molecular weight excluding hydrogens is 255 g/mol. The molecule has 0 bridgehead atoms. The zero-order valence-electron chi connectivity index (χ0n) is 11.5. The topological polar surface area (TPSA) is 28.2 Å². The summed E-state index contributed by atoms with van der Waals surface area (Å²) in [5, 5.41) is 3.11. The first-order valence-corrected chi connectivity index (χ1v) is 6.32. The van der Waals surface area contributed by atoms with Gasteiger partial charge in [-0.1, -0.05) is 6.92 Å². The van der Waals surface area contributed by atoms with Gasteiger partial charge in [0.15, 0.2) is 0 Å². The molecule has 0 fully saturated rings. The highest BCUT2D eigenvalue weighted by Gasteiger charge is 2.32. The third-order valence-electron chi connectivity index (χ3n) is 2.73. The molecule has 0 saturated carbocycles. The van der Waals surface area contributed by atoms with Gasteiger partial charge in [-0.3, -0.25) is 4.98 Å². The van der Waals surface area contributed by atoms with Crippen LogP contribution >= 0.6 is 0 Å². The van der Waals surface area contributed by atoms with Gasteiger partial charge in [-0.25, -0.2) is 0 Å². The smallest absolute Gasteiger partial charge is 0.360 e. The molecule has 0 aliphatic heterocycles. The summed E-state index contributed by atoms with van der Waals surface area (Å²) in [6.07, 6.45) is -1.08. The van der Waals surface area contributed by atoms with Gasteiger partial charge in [0, 0.05) is 36.2 Å². The monoisotopic (exact) mass is 275 g/mol. The molecule has 0 aliphatic carbocycles. The van der Waals surface area contributed by atoms with E-state index in [1.54, 1.807) is 26.1 Å². The van der Waals surface area contributed by atoms with Gasteiger partial charge in [-0.05, 0) is 26.5 Å². The Kier molecular flexibility index (Phi) is 5.60. The lowest BCUT2D eigenvalue weighted by Crippen LogP contribution is -2.40. The van der Waals surface area contributed by atoms with Crippen LogP contribution in [-0.4, -0.2) is 30.3 Å². The molecule has 1 aromatic heterocycles. The lowest BCUT2D eigenvalue weighted by Gasteiger charge is -2.31. The fraction of sp³-hybridized carbons (Fsp3) is 0.615. The molecule has 1 N–H and O–H groups in total. The van der Waals surface area contributed by atoms with Crippen molar-refractivity contribution in [3.05, 3.63) is 24.0 Å². The fourth-order valence-corrected chi connectivity index (χ4v) is 1.83. The van der Waals surface area contributed by atoms with Crippen LogP contribution < -0.4 is 10.2 Å². The Labute approximate surface area is 111 Å². The highest BCUT2D eigenvalue weighted by atomic mass is 19.4. The molecule has 0 saturated heterocycles. The summed E-state index contributed by atoms with van der Waals surface area (Å²) in [5.74, 6) is 0.